The number of nitrogens with zero attached hydrogens (tertiary/aromatic N) is 1. The van der Waals surface area contributed by atoms with Crippen molar-refractivity contribution in [2.24, 2.45) is 11.7 Å². The lowest BCUT2D eigenvalue weighted by atomic mass is 9.91. The average Bonchev–Trinajstić information content (AvgIpc) is 2.45. The third-order valence-electron chi connectivity index (χ3n) is 4.08. The molecule has 1 heterocycles. The molecular formula is C16H22N2O2S. The number of hydrogen-bond acceptors (Lipinski definition) is 3. The Hall–Kier alpha value is -1.46. The first kappa shape index (κ1) is 15.9. The fourth-order valence-electron chi connectivity index (χ4n) is 2.59. The fourth-order valence-corrected chi connectivity index (χ4v) is 2.77. The van der Waals surface area contributed by atoms with Crippen LogP contribution < -0.4 is 5.73 Å². The van der Waals surface area contributed by atoms with Crippen LogP contribution in [0.1, 0.15) is 25.3 Å². The third kappa shape index (κ3) is 4.25. The summed E-state index contributed by atoms with van der Waals surface area (Å²) in [7, 11) is 0. The van der Waals surface area contributed by atoms with E-state index in [0.29, 0.717) is 32.4 Å². The quantitative estimate of drug-likeness (QED) is 0.828. The Morgan fingerprint density at radius 2 is 1.95 bits per heavy atom. The summed E-state index contributed by atoms with van der Waals surface area (Å²) in [6.45, 7) is 2.92. The molecule has 1 unspecified atom stereocenters. The maximum absolute atomic E-state index is 12.6. The highest BCUT2D eigenvalue weighted by Crippen LogP contribution is 2.23. The first-order valence-electron chi connectivity index (χ1n) is 7.23. The lowest BCUT2D eigenvalue weighted by Crippen LogP contribution is -2.49. The highest BCUT2D eigenvalue weighted by Gasteiger charge is 2.33. The van der Waals surface area contributed by atoms with E-state index in [-0.39, 0.29) is 10.9 Å². The number of aliphatic hydroxyl groups is 1. The number of hydrogen-bond donors (Lipinski definition) is 2. The van der Waals surface area contributed by atoms with Gasteiger partial charge in [0.05, 0.1) is 16.5 Å². The molecule has 3 N–H and O–H groups in total. The maximum atomic E-state index is 12.6. The number of piperidine rings is 1. The largest absolute Gasteiger partial charge is 0.393 e. The van der Waals surface area contributed by atoms with Crippen LogP contribution in [-0.2, 0) is 11.2 Å². The second-order valence-corrected chi connectivity index (χ2v) is 6.44. The Kier molecular flexibility index (Phi) is 4.96. The van der Waals surface area contributed by atoms with Gasteiger partial charge in [0.1, 0.15) is 0 Å². The Balaban J connectivity index is 2.05. The van der Waals surface area contributed by atoms with Crippen LogP contribution in [0.15, 0.2) is 30.3 Å². The molecule has 0 aromatic heterocycles. The van der Waals surface area contributed by atoms with E-state index in [0.717, 1.165) is 5.56 Å². The maximum Gasteiger partial charge on any atom is 0.232 e. The van der Waals surface area contributed by atoms with Gasteiger partial charge < -0.3 is 15.7 Å². The van der Waals surface area contributed by atoms with Crippen molar-refractivity contribution in [3.8, 4) is 0 Å². The molecule has 1 saturated heterocycles. The van der Waals surface area contributed by atoms with Crippen LogP contribution in [0.4, 0.5) is 0 Å². The van der Waals surface area contributed by atoms with Crippen molar-refractivity contribution < 1.29 is 9.90 Å². The summed E-state index contributed by atoms with van der Waals surface area (Å²) in [6, 6.07) is 9.76. The van der Waals surface area contributed by atoms with Crippen LogP contribution in [0, 0.1) is 5.92 Å². The lowest BCUT2D eigenvalue weighted by Gasteiger charge is -2.37. The SMILES string of the molecule is CC1(O)CCN(C(=O)C(Cc2ccccc2)C(N)=S)CC1. The Morgan fingerprint density at radius 3 is 2.48 bits per heavy atom. The average molecular weight is 306 g/mol. The Bertz CT molecular complexity index is 506. The molecule has 0 radical (unpaired) electrons. The number of benzene rings is 1. The number of rotatable bonds is 4. The molecule has 0 saturated carbocycles. The van der Waals surface area contributed by atoms with Crippen LogP contribution in [0.25, 0.3) is 0 Å². The normalized spacial score (nSPS) is 19.0. The first-order valence-corrected chi connectivity index (χ1v) is 7.64. The van der Waals surface area contributed by atoms with Gasteiger partial charge in [-0.2, -0.15) is 0 Å². The lowest BCUT2D eigenvalue weighted by molar-refractivity contribution is -0.137. The molecule has 5 heteroatoms. The molecule has 1 atom stereocenters. The van der Waals surface area contributed by atoms with E-state index >= 15 is 0 Å². The molecule has 1 fully saturated rings. The zero-order chi connectivity index (χ0) is 15.5. The highest BCUT2D eigenvalue weighted by atomic mass is 32.1. The highest BCUT2D eigenvalue weighted by molar-refractivity contribution is 7.80. The molecule has 21 heavy (non-hydrogen) atoms. The van der Waals surface area contributed by atoms with Gasteiger partial charge in [-0.25, -0.2) is 0 Å². The number of carbonyl (C=O) groups is 1. The van der Waals surface area contributed by atoms with Gasteiger partial charge in [-0.05, 0) is 31.7 Å². The third-order valence-corrected chi connectivity index (χ3v) is 4.36. The molecule has 1 amide bonds. The smallest absolute Gasteiger partial charge is 0.232 e. The summed E-state index contributed by atoms with van der Waals surface area (Å²) in [5.41, 5.74) is 6.16. The molecule has 0 aliphatic carbocycles. The summed E-state index contributed by atoms with van der Waals surface area (Å²) in [4.78, 5) is 14.6. The molecule has 1 aromatic rings. The fraction of sp³-hybridized carbons (Fsp3) is 0.500. The predicted molar refractivity (Wildman–Crippen MR) is 86.9 cm³/mol. The molecule has 2 rings (SSSR count). The summed E-state index contributed by atoms with van der Waals surface area (Å²) in [5.74, 6) is -0.493. The van der Waals surface area contributed by atoms with E-state index in [2.05, 4.69) is 0 Å². The zero-order valence-electron chi connectivity index (χ0n) is 12.3. The van der Waals surface area contributed by atoms with Crippen molar-refractivity contribution >= 4 is 23.1 Å². The summed E-state index contributed by atoms with van der Waals surface area (Å²) >= 11 is 5.09. The van der Waals surface area contributed by atoms with Crippen LogP contribution in [0.2, 0.25) is 0 Å². The standard InChI is InChI=1S/C16H22N2O2S/c1-16(20)7-9-18(10-8-16)15(19)13(14(17)21)11-12-5-3-2-4-6-12/h2-6,13,20H,7-11H2,1H3,(H2,17,21). The van der Waals surface area contributed by atoms with Crippen LogP contribution in [-0.4, -0.2) is 39.6 Å². The van der Waals surface area contributed by atoms with Crippen molar-refractivity contribution in [2.45, 2.75) is 31.8 Å². The summed E-state index contributed by atoms with van der Waals surface area (Å²) in [6.07, 6.45) is 1.71. The Morgan fingerprint density at radius 1 is 1.38 bits per heavy atom. The first-order chi connectivity index (χ1) is 9.89. The Labute approximate surface area is 130 Å². The van der Waals surface area contributed by atoms with Gasteiger partial charge in [0.2, 0.25) is 5.91 Å². The van der Waals surface area contributed by atoms with E-state index in [4.69, 9.17) is 18.0 Å². The number of thiocarbonyl (C=S) groups is 1. The second kappa shape index (κ2) is 6.54. The van der Waals surface area contributed by atoms with Gasteiger partial charge in [0.15, 0.2) is 0 Å². The van der Waals surface area contributed by atoms with Crippen molar-refractivity contribution in [3.63, 3.8) is 0 Å². The van der Waals surface area contributed by atoms with Gasteiger partial charge in [-0.3, -0.25) is 4.79 Å². The van der Waals surface area contributed by atoms with E-state index in [1.807, 2.05) is 37.3 Å². The molecule has 1 aromatic carbocycles. The summed E-state index contributed by atoms with van der Waals surface area (Å²) in [5, 5.41) is 9.97. The molecule has 0 bridgehead atoms. The van der Waals surface area contributed by atoms with E-state index in [1.54, 1.807) is 4.90 Å². The number of likely N-dealkylation sites (tertiary alicyclic amines) is 1. The van der Waals surface area contributed by atoms with Crippen molar-refractivity contribution in [1.82, 2.24) is 4.90 Å². The van der Waals surface area contributed by atoms with Gasteiger partial charge >= 0.3 is 0 Å². The molecule has 1 aliphatic heterocycles. The van der Waals surface area contributed by atoms with Gasteiger partial charge in [-0.15, -0.1) is 0 Å². The van der Waals surface area contributed by atoms with Crippen LogP contribution in [0.5, 0.6) is 0 Å². The summed E-state index contributed by atoms with van der Waals surface area (Å²) < 4.78 is 0. The van der Waals surface area contributed by atoms with E-state index < -0.39 is 11.5 Å². The van der Waals surface area contributed by atoms with Crippen molar-refractivity contribution in [3.05, 3.63) is 35.9 Å². The van der Waals surface area contributed by atoms with Crippen LogP contribution in [0.3, 0.4) is 0 Å². The van der Waals surface area contributed by atoms with Gasteiger partial charge in [0, 0.05) is 13.1 Å². The van der Waals surface area contributed by atoms with Gasteiger partial charge in [-0.1, -0.05) is 42.5 Å². The van der Waals surface area contributed by atoms with Gasteiger partial charge in [0.25, 0.3) is 0 Å². The predicted octanol–water partition coefficient (Wildman–Crippen LogP) is 1.50. The number of nitrogens with two attached hydrogens (primary N) is 1. The second-order valence-electron chi connectivity index (χ2n) is 5.97. The molecule has 1 aliphatic rings. The molecule has 4 nitrogen and oxygen atoms in total. The van der Waals surface area contributed by atoms with E-state index in [1.165, 1.54) is 0 Å². The monoisotopic (exact) mass is 306 g/mol. The number of carbonyl (C=O) groups excluding carboxylic acids is 1. The minimum atomic E-state index is -0.672. The molecular weight excluding hydrogens is 284 g/mol. The topological polar surface area (TPSA) is 66.6 Å². The van der Waals surface area contributed by atoms with Crippen molar-refractivity contribution in [1.29, 1.82) is 0 Å². The minimum absolute atomic E-state index is 0.0261. The zero-order valence-corrected chi connectivity index (χ0v) is 13.1. The number of amides is 1. The minimum Gasteiger partial charge on any atom is -0.393 e. The molecule has 114 valence electrons. The van der Waals surface area contributed by atoms with Crippen LogP contribution >= 0.6 is 12.2 Å². The van der Waals surface area contributed by atoms with E-state index in [9.17, 15) is 9.90 Å². The molecule has 0 spiro atoms. The van der Waals surface area contributed by atoms with Crippen molar-refractivity contribution in [2.75, 3.05) is 13.1 Å².